The number of nitrogens with one attached hydrogen (secondary N) is 1. The number of rotatable bonds is 5. The van der Waals surface area contributed by atoms with Crippen LogP contribution in [0.5, 0.6) is 0 Å². The summed E-state index contributed by atoms with van der Waals surface area (Å²) in [7, 11) is 0. The molecule has 1 atom stereocenters. The molecule has 0 saturated heterocycles. The summed E-state index contributed by atoms with van der Waals surface area (Å²) in [5, 5.41) is 2.11. The van der Waals surface area contributed by atoms with Crippen molar-refractivity contribution in [3.05, 3.63) is 71.3 Å². The van der Waals surface area contributed by atoms with E-state index in [0.29, 0.717) is 12.0 Å². The molecule has 0 aliphatic carbocycles. The molecule has 0 unspecified atom stereocenters. The predicted molar refractivity (Wildman–Crippen MR) is 83.3 cm³/mol. The molecule has 2 rings (SSSR count). The van der Waals surface area contributed by atoms with Crippen LogP contribution in [-0.2, 0) is 12.8 Å². The van der Waals surface area contributed by atoms with Gasteiger partial charge in [-0.05, 0) is 29.7 Å². The molecule has 2 nitrogen and oxygen atoms in total. The van der Waals surface area contributed by atoms with Crippen molar-refractivity contribution in [1.82, 2.24) is 5.32 Å². The number of hydrogen-bond donors (Lipinski definition) is 1. The lowest BCUT2D eigenvalue weighted by Gasteiger charge is -2.23. The van der Waals surface area contributed by atoms with Gasteiger partial charge in [-0.25, -0.2) is 0 Å². The van der Waals surface area contributed by atoms with E-state index in [1.165, 1.54) is 12.1 Å². The smallest absolute Gasteiger partial charge is 0.340 e. The number of aryl methyl sites for hydroxylation is 1. The molecular weight excluding hydrogens is 303 g/mol. The topological polar surface area (TPSA) is 29.1 Å². The van der Waals surface area contributed by atoms with E-state index in [2.05, 4.69) is 5.32 Å². The lowest BCUT2D eigenvalue weighted by Crippen LogP contribution is -2.47. The molecule has 5 heteroatoms. The number of halogens is 3. The molecule has 122 valence electrons. The van der Waals surface area contributed by atoms with Gasteiger partial charge in [0.05, 0.1) is 0 Å². The van der Waals surface area contributed by atoms with Gasteiger partial charge in [0.15, 0.2) is 0 Å². The summed E-state index contributed by atoms with van der Waals surface area (Å²) in [6, 6.07) is 13.0. The van der Waals surface area contributed by atoms with Gasteiger partial charge in [-0.15, -0.1) is 0 Å². The zero-order valence-electron chi connectivity index (χ0n) is 12.7. The van der Waals surface area contributed by atoms with Gasteiger partial charge in [0.1, 0.15) is 6.04 Å². The minimum absolute atomic E-state index is 0.213. The number of carbonyl (C=O) groups is 1. The molecule has 1 amide bonds. The highest BCUT2D eigenvalue weighted by atomic mass is 19.4. The quantitative estimate of drug-likeness (QED) is 0.880. The molecule has 0 heterocycles. The van der Waals surface area contributed by atoms with E-state index in [9.17, 15) is 18.0 Å². The average molecular weight is 321 g/mol. The highest BCUT2D eigenvalue weighted by Gasteiger charge is 2.40. The molecule has 2 aromatic rings. The van der Waals surface area contributed by atoms with Crippen molar-refractivity contribution in [3.63, 3.8) is 0 Å². The SMILES string of the molecule is CCc1ccccc1C[C@H](NC(=O)c1ccccc1)C(F)(F)F. The lowest BCUT2D eigenvalue weighted by molar-refractivity contribution is -0.153. The summed E-state index contributed by atoms with van der Waals surface area (Å²) >= 11 is 0. The van der Waals surface area contributed by atoms with Crippen LogP contribution in [0.1, 0.15) is 28.4 Å². The standard InChI is InChI=1S/C18H18F3NO/c1-2-13-8-6-7-11-15(13)12-16(18(19,20)21)22-17(23)14-9-4-3-5-10-14/h3-11,16H,2,12H2,1H3,(H,22,23)/t16-/m0/s1. The molecule has 2 aromatic carbocycles. The van der Waals surface area contributed by atoms with Crippen LogP contribution in [0.4, 0.5) is 13.2 Å². The van der Waals surface area contributed by atoms with Gasteiger partial charge in [0.25, 0.3) is 5.91 Å². The number of hydrogen-bond acceptors (Lipinski definition) is 1. The average Bonchev–Trinajstić information content (AvgIpc) is 2.54. The van der Waals surface area contributed by atoms with Crippen LogP contribution in [-0.4, -0.2) is 18.1 Å². The van der Waals surface area contributed by atoms with Gasteiger partial charge < -0.3 is 5.32 Å². The Morgan fingerprint density at radius 1 is 1.00 bits per heavy atom. The maximum Gasteiger partial charge on any atom is 0.408 e. The number of carbonyl (C=O) groups excluding carboxylic acids is 1. The Balaban J connectivity index is 2.20. The summed E-state index contributed by atoms with van der Waals surface area (Å²) in [5.41, 5.74) is 1.67. The highest BCUT2D eigenvalue weighted by Crippen LogP contribution is 2.25. The van der Waals surface area contributed by atoms with E-state index in [1.54, 1.807) is 36.4 Å². The van der Waals surface area contributed by atoms with Crippen LogP contribution < -0.4 is 5.32 Å². The summed E-state index contributed by atoms with van der Waals surface area (Å²) < 4.78 is 39.9. The minimum atomic E-state index is -4.51. The molecule has 0 aliphatic heterocycles. The fourth-order valence-corrected chi connectivity index (χ4v) is 2.40. The van der Waals surface area contributed by atoms with Crippen LogP contribution in [0, 0.1) is 0 Å². The van der Waals surface area contributed by atoms with E-state index in [1.807, 2.05) is 13.0 Å². The third-order valence-electron chi connectivity index (χ3n) is 3.66. The van der Waals surface area contributed by atoms with E-state index >= 15 is 0 Å². The molecule has 0 spiro atoms. The van der Waals surface area contributed by atoms with Crippen molar-refractivity contribution in [2.45, 2.75) is 32.0 Å². The molecule has 0 aromatic heterocycles. The first-order valence-corrected chi connectivity index (χ1v) is 7.41. The second-order valence-electron chi connectivity index (χ2n) is 5.26. The first-order valence-electron chi connectivity index (χ1n) is 7.41. The normalized spacial score (nSPS) is 12.7. The monoisotopic (exact) mass is 321 g/mol. The second kappa shape index (κ2) is 7.31. The summed E-state index contributed by atoms with van der Waals surface area (Å²) in [5.74, 6) is -0.720. The van der Waals surface area contributed by atoms with Crippen molar-refractivity contribution in [3.8, 4) is 0 Å². The fraction of sp³-hybridized carbons (Fsp3) is 0.278. The largest absolute Gasteiger partial charge is 0.408 e. The first-order chi connectivity index (χ1) is 10.9. The van der Waals surface area contributed by atoms with Gasteiger partial charge in [0.2, 0.25) is 0 Å². The van der Waals surface area contributed by atoms with Crippen LogP contribution in [0.2, 0.25) is 0 Å². The van der Waals surface area contributed by atoms with Crippen molar-refractivity contribution in [2.24, 2.45) is 0 Å². The minimum Gasteiger partial charge on any atom is -0.340 e. The Kier molecular flexibility index (Phi) is 5.42. The zero-order chi connectivity index (χ0) is 16.9. The van der Waals surface area contributed by atoms with Gasteiger partial charge >= 0.3 is 6.18 Å². The second-order valence-corrected chi connectivity index (χ2v) is 5.26. The van der Waals surface area contributed by atoms with E-state index in [4.69, 9.17) is 0 Å². The lowest BCUT2D eigenvalue weighted by atomic mass is 9.98. The molecular formula is C18H18F3NO. The molecule has 23 heavy (non-hydrogen) atoms. The van der Waals surface area contributed by atoms with Crippen LogP contribution in [0.3, 0.4) is 0 Å². The number of amides is 1. The Morgan fingerprint density at radius 3 is 2.13 bits per heavy atom. The van der Waals surface area contributed by atoms with Gasteiger partial charge in [0, 0.05) is 12.0 Å². The zero-order valence-corrected chi connectivity index (χ0v) is 12.7. The van der Waals surface area contributed by atoms with Crippen LogP contribution in [0.25, 0.3) is 0 Å². The van der Waals surface area contributed by atoms with Crippen LogP contribution in [0.15, 0.2) is 54.6 Å². The van der Waals surface area contributed by atoms with Crippen LogP contribution >= 0.6 is 0 Å². The van der Waals surface area contributed by atoms with E-state index < -0.39 is 18.1 Å². The van der Waals surface area contributed by atoms with Crippen molar-refractivity contribution in [2.75, 3.05) is 0 Å². The number of alkyl halides is 3. The predicted octanol–water partition coefficient (Wildman–Crippen LogP) is 4.15. The summed E-state index contributed by atoms with van der Waals surface area (Å²) in [4.78, 5) is 12.0. The number of benzene rings is 2. The molecule has 0 bridgehead atoms. The maximum atomic E-state index is 13.3. The Morgan fingerprint density at radius 2 is 1.57 bits per heavy atom. The third-order valence-corrected chi connectivity index (χ3v) is 3.66. The Hall–Kier alpha value is -2.30. The highest BCUT2D eigenvalue weighted by molar-refractivity contribution is 5.94. The summed E-state index contributed by atoms with van der Waals surface area (Å²) in [6.07, 6.45) is -4.13. The molecule has 0 fully saturated rings. The fourth-order valence-electron chi connectivity index (χ4n) is 2.40. The van der Waals surface area contributed by atoms with Gasteiger partial charge in [-0.2, -0.15) is 13.2 Å². The summed E-state index contributed by atoms with van der Waals surface area (Å²) in [6.45, 7) is 1.89. The third kappa shape index (κ3) is 4.58. The van der Waals surface area contributed by atoms with Crippen molar-refractivity contribution < 1.29 is 18.0 Å². The Bertz CT molecular complexity index is 653. The first kappa shape index (κ1) is 17.1. The molecule has 0 radical (unpaired) electrons. The van der Waals surface area contributed by atoms with Crippen molar-refractivity contribution >= 4 is 5.91 Å². The molecule has 0 saturated carbocycles. The van der Waals surface area contributed by atoms with Gasteiger partial charge in [-0.3, -0.25) is 4.79 Å². The molecule has 1 N–H and O–H groups in total. The van der Waals surface area contributed by atoms with E-state index in [-0.39, 0.29) is 12.0 Å². The van der Waals surface area contributed by atoms with Gasteiger partial charge in [-0.1, -0.05) is 49.4 Å². The van der Waals surface area contributed by atoms with Crippen molar-refractivity contribution in [1.29, 1.82) is 0 Å². The Labute approximate surface area is 133 Å². The molecule has 0 aliphatic rings. The van der Waals surface area contributed by atoms with E-state index in [0.717, 1.165) is 5.56 Å². The maximum absolute atomic E-state index is 13.3.